The second-order valence-electron chi connectivity index (χ2n) is 10.6. The monoisotopic (exact) mass is 537 g/mol. The third-order valence-electron chi connectivity index (χ3n) is 8.04. The van der Waals surface area contributed by atoms with Gasteiger partial charge in [0.1, 0.15) is 11.2 Å². The molecular formula is C40H27NO. The molecule has 8 rings (SSSR count). The van der Waals surface area contributed by atoms with Crippen LogP contribution in [-0.2, 0) is 0 Å². The van der Waals surface area contributed by atoms with Gasteiger partial charge in [-0.15, -0.1) is 0 Å². The molecule has 198 valence electrons. The highest BCUT2D eigenvalue weighted by Gasteiger charge is 2.19. The zero-order chi connectivity index (χ0) is 27.9. The van der Waals surface area contributed by atoms with Crippen LogP contribution in [0.15, 0.2) is 168 Å². The fraction of sp³-hybridized carbons (Fsp3) is 0. The quantitative estimate of drug-likeness (QED) is 0.217. The average molecular weight is 538 g/mol. The highest BCUT2D eigenvalue weighted by atomic mass is 16.3. The maximum absolute atomic E-state index is 6.76. The molecule has 0 aliphatic rings. The maximum atomic E-state index is 6.76. The van der Waals surface area contributed by atoms with Gasteiger partial charge in [-0.3, -0.25) is 0 Å². The van der Waals surface area contributed by atoms with Crippen LogP contribution < -0.4 is 4.90 Å². The summed E-state index contributed by atoms with van der Waals surface area (Å²) in [5.74, 6) is 0. The number of furan rings is 1. The molecule has 0 aliphatic carbocycles. The first-order chi connectivity index (χ1) is 20.8. The van der Waals surface area contributed by atoms with E-state index in [-0.39, 0.29) is 0 Å². The Balaban J connectivity index is 1.32. The third-order valence-corrected chi connectivity index (χ3v) is 8.04. The van der Waals surface area contributed by atoms with E-state index in [0.29, 0.717) is 0 Å². The fourth-order valence-corrected chi connectivity index (χ4v) is 6.04. The summed E-state index contributed by atoms with van der Waals surface area (Å²) in [4.78, 5) is 2.29. The SMILES string of the molecule is c1ccc(-c2ccc(N(c3ccccc3)c3ccc4c(c3)oc3c(-c5ccccc5)cc5ccccc5c34)cc2)cc1. The van der Waals surface area contributed by atoms with E-state index < -0.39 is 0 Å². The Hall–Kier alpha value is -5.60. The summed E-state index contributed by atoms with van der Waals surface area (Å²) in [6.07, 6.45) is 0. The molecule has 0 saturated carbocycles. The van der Waals surface area contributed by atoms with Gasteiger partial charge < -0.3 is 9.32 Å². The highest BCUT2D eigenvalue weighted by molar-refractivity contribution is 6.22. The van der Waals surface area contributed by atoms with Gasteiger partial charge in [0.2, 0.25) is 0 Å². The van der Waals surface area contributed by atoms with Crippen molar-refractivity contribution in [2.45, 2.75) is 0 Å². The molecule has 1 aromatic heterocycles. The zero-order valence-electron chi connectivity index (χ0n) is 22.9. The molecular weight excluding hydrogens is 510 g/mol. The van der Waals surface area contributed by atoms with E-state index in [4.69, 9.17) is 4.42 Å². The molecule has 0 atom stereocenters. The Morgan fingerprint density at radius 2 is 0.976 bits per heavy atom. The van der Waals surface area contributed by atoms with Crippen molar-refractivity contribution in [3.05, 3.63) is 164 Å². The zero-order valence-corrected chi connectivity index (χ0v) is 22.9. The molecule has 0 radical (unpaired) electrons. The summed E-state index contributed by atoms with van der Waals surface area (Å²) >= 11 is 0. The minimum absolute atomic E-state index is 0.873. The van der Waals surface area contributed by atoms with E-state index in [1.54, 1.807) is 0 Å². The minimum Gasteiger partial charge on any atom is -0.455 e. The third kappa shape index (κ3) is 4.13. The van der Waals surface area contributed by atoms with Gasteiger partial charge in [0.15, 0.2) is 0 Å². The van der Waals surface area contributed by atoms with Crippen molar-refractivity contribution in [2.24, 2.45) is 0 Å². The van der Waals surface area contributed by atoms with Crippen molar-refractivity contribution in [2.75, 3.05) is 4.90 Å². The van der Waals surface area contributed by atoms with Crippen molar-refractivity contribution in [3.63, 3.8) is 0 Å². The van der Waals surface area contributed by atoms with Crippen LogP contribution >= 0.6 is 0 Å². The van der Waals surface area contributed by atoms with Crippen LogP contribution in [0.2, 0.25) is 0 Å². The maximum Gasteiger partial charge on any atom is 0.143 e. The lowest BCUT2D eigenvalue weighted by Crippen LogP contribution is -2.09. The molecule has 2 nitrogen and oxygen atoms in total. The van der Waals surface area contributed by atoms with Gasteiger partial charge in [0.05, 0.1) is 0 Å². The highest BCUT2D eigenvalue weighted by Crippen LogP contribution is 2.43. The first-order valence-corrected chi connectivity index (χ1v) is 14.3. The van der Waals surface area contributed by atoms with E-state index in [1.807, 2.05) is 0 Å². The fourth-order valence-electron chi connectivity index (χ4n) is 6.04. The summed E-state index contributed by atoms with van der Waals surface area (Å²) in [6, 6.07) is 57.7. The van der Waals surface area contributed by atoms with Crippen LogP contribution in [0.5, 0.6) is 0 Å². The Labute approximate surface area is 244 Å². The molecule has 0 fully saturated rings. The normalized spacial score (nSPS) is 11.3. The van der Waals surface area contributed by atoms with E-state index >= 15 is 0 Å². The molecule has 2 heteroatoms. The Bertz CT molecular complexity index is 2160. The summed E-state index contributed by atoms with van der Waals surface area (Å²) in [7, 11) is 0. The molecule has 1 heterocycles. The topological polar surface area (TPSA) is 16.4 Å². The molecule has 7 aromatic carbocycles. The smallest absolute Gasteiger partial charge is 0.143 e. The van der Waals surface area contributed by atoms with Crippen molar-refractivity contribution in [3.8, 4) is 22.3 Å². The lowest BCUT2D eigenvalue weighted by Gasteiger charge is -2.25. The Morgan fingerprint density at radius 3 is 1.71 bits per heavy atom. The van der Waals surface area contributed by atoms with E-state index in [0.717, 1.165) is 50.1 Å². The first kappa shape index (κ1) is 24.2. The molecule has 0 aliphatic heterocycles. The largest absolute Gasteiger partial charge is 0.455 e. The molecule has 0 amide bonds. The molecule has 0 spiro atoms. The van der Waals surface area contributed by atoms with E-state index in [9.17, 15) is 0 Å². The van der Waals surface area contributed by atoms with E-state index in [1.165, 1.54) is 21.9 Å². The molecule has 0 N–H and O–H groups in total. The van der Waals surface area contributed by atoms with Gasteiger partial charge >= 0.3 is 0 Å². The van der Waals surface area contributed by atoms with Gasteiger partial charge in [-0.2, -0.15) is 0 Å². The summed E-state index contributed by atoms with van der Waals surface area (Å²) < 4.78 is 6.76. The number of hydrogen-bond donors (Lipinski definition) is 0. The molecule has 0 unspecified atom stereocenters. The average Bonchev–Trinajstić information content (AvgIpc) is 3.45. The predicted molar refractivity (Wildman–Crippen MR) is 177 cm³/mol. The summed E-state index contributed by atoms with van der Waals surface area (Å²) in [5.41, 5.74) is 9.69. The standard InChI is InChI=1S/C40H27NO/c1-4-12-28(13-5-1)29-20-22-33(23-21-29)41(32-17-8-3-9-18-32)34-24-25-36-38(27-34)42-40-37(30-14-6-2-7-15-30)26-31-16-10-11-19-35(31)39(36)40/h1-27H. The van der Waals surface area contributed by atoms with Crippen LogP contribution in [0.25, 0.3) is 55.0 Å². The Morgan fingerprint density at radius 1 is 0.405 bits per heavy atom. The van der Waals surface area contributed by atoms with Gasteiger partial charge in [0, 0.05) is 39.5 Å². The van der Waals surface area contributed by atoms with Crippen molar-refractivity contribution >= 4 is 49.8 Å². The molecule has 42 heavy (non-hydrogen) atoms. The van der Waals surface area contributed by atoms with Crippen LogP contribution in [0, 0.1) is 0 Å². The lowest BCUT2D eigenvalue weighted by molar-refractivity contribution is 0.670. The number of anilines is 3. The van der Waals surface area contributed by atoms with Crippen LogP contribution in [0.1, 0.15) is 0 Å². The number of rotatable bonds is 5. The Kier molecular flexibility index (Phi) is 5.82. The summed E-state index contributed by atoms with van der Waals surface area (Å²) in [5, 5.41) is 4.69. The van der Waals surface area contributed by atoms with Crippen LogP contribution in [0.4, 0.5) is 17.1 Å². The van der Waals surface area contributed by atoms with Gasteiger partial charge in [-0.1, -0.05) is 115 Å². The minimum atomic E-state index is 0.873. The van der Waals surface area contributed by atoms with E-state index in [2.05, 4.69) is 169 Å². The number of para-hydroxylation sites is 1. The number of nitrogens with zero attached hydrogens (tertiary/aromatic N) is 1. The van der Waals surface area contributed by atoms with Gasteiger partial charge in [0.25, 0.3) is 0 Å². The number of benzene rings is 7. The van der Waals surface area contributed by atoms with Crippen molar-refractivity contribution < 1.29 is 4.42 Å². The van der Waals surface area contributed by atoms with Crippen LogP contribution in [0.3, 0.4) is 0 Å². The molecule has 8 aromatic rings. The number of fused-ring (bicyclic) bond motifs is 5. The van der Waals surface area contributed by atoms with Gasteiger partial charge in [-0.05, 0) is 69.9 Å². The van der Waals surface area contributed by atoms with Crippen molar-refractivity contribution in [1.29, 1.82) is 0 Å². The first-order valence-electron chi connectivity index (χ1n) is 14.3. The van der Waals surface area contributed by atoms with Crippen molar-refractivity contribution in [1.82, 2.24) is 0 Å². The van der Waals surface area contributed by atoms with Crippen LogP contribution in [-0.4, -0.2) is 0 Å². The number of hydrogen-bond acceptors (Lipinski definition) is 2. The predicted octanol–water partition coefficient (Wildman–Crippen LogP) is 11.5. The molecule has 0 bridgehead atoms. The summed E-state index contributed by atoms with van der Waals surface area (Å²) in [6.45, 7) is 0. The second-order valence-corrected chi connectivity index (χ2v) is 10.6. The lowest BCUT2D eigenvalue weighted by atomic mass is 9.96. The second kappa shape index (κ2) is 10.1. The molecule has 0 saturated heterocycles. The van der Waals surface area contributed by atoms with Gasteiger partial charge in [-0.25, -0.2) is 0 Å².